The summed E-state index contributed by atoms with van der Waals surface area (Å²) in [5.41, 5.74) is 2.36. The van der Waals surface area contributed by atoms with Gasteiger partial charge in [-0.05, 0) is 32.9 Å². The van der Waals surface area contributed by atoms with Crippen molar-refractivity contribution in [2.75, 3.05) is 24.6 Å². The molecule has 1 fully saturated rings. The van der Waals surface area contributed by atoms with Crippen LogP contribution < -0.4 is 4.90 Å². The SMILES string of the molecule is CCN(CC)c1ccc([C@@H]2OC[C@H](C)O2)cc1. The van der Waals surface area contributed by atoms with Gasteiger partial charge in [-0.15, -0.1) is 0 Å². The molecule has 1 aromatic carbocycles. The lowest BCUT2D eigenvalue weighted by Crippen LogP contribution is -2.21. The molecule has 0 radical (unpaired) electrons. The van der Waals surface area contributed by atoms with Crippen molar-refractivity contribution in [2.24, 2.45) is 0 Å². The quantitative estimate of drug-likeness (QED) is 0.801. The summed E-state index contributed by atoms with van der Waals surface area (Å²) < 4.78 is 11.2. The minimum atomic E-state index is -0.184. The van der Waals surface area contributed by atoms with E-state index in [0.29, 0.717) is 6.61 Å². The average Bonchev–Trinajstić information content (AvgIpc) is 2.78. The largest absolute Gasteiger partial charge is 0.372 e. The normalized spacial score (nSPS) is 23.9. The first kappa shape index (κ1) is 12.4. The van der Waals surface area contributed by atoms with Crippen molar-refractivity contribution in [2.45, 2.75) is 33.2 Å². The van der Waals surface area contributed by atoms with Gasteiger partial charge < -0.3 is 14.4 Å². The van der Waals surface area contributed by atoms with E-state index >= 15 is 0 Å². The first-order valence-electron chi connectivity index (χ1n) is 6.36. The van der Waals surface area contributed by atoms with E-state index in [0.717, 1.165) is 18.7 Å². The second-order valence-electron chi connectivity index (χ2n) is 4.38. The van der Waals surface area contributed by atoms with Crippen LogP contribution in [0.15, 0.2) is 24.3 Å². The number of hydrogen-bond acceptors (Lipinski definition) is 3. The lowest BCUT2D eigenvalue weighted by atomic mass is 10.2. The lowest BCUT2D eigenvalue weighted by Gasteiger charge is -2.21. The molecule has 3 nitrogen and oxygen atoms in total. The molecular formula is C14H21NO2. The molecule has 0 saturated carbocycles. The van der Waals surface area contributed by atoms with Crippen LogP contribution in [0.2, 0.25) is 0 Å². The van der Waals surface area contributed by atoms with Crippen LogP contribution in [0.3, 0.4) is 0 Å². The van der Waals surface area contributed by atoms with E-state index in [1.807, 2.05) is 6.92 Å². The van der Waals surface area contributed by atoms with Gasteiger partial charge in [0, 0.05) is 24.3 Å². The van der Waals surface area contributed by atoms with Crippen LogP contribution in [0.1, 0.15) is 32.6 Å². The molecule has 1 saturated heterocycles. The Labute approximate surface area is 103 Å². The number of ether oxygens (including phenoxy) is 2. The van der Waals surface area contributed by atoms with Crippen molar-refractivity contribution in [3.63, 3.8) is 0 Å². The molecule has 1 heterocycles. The standard InChI is InChI=1S/C14H21NO2/c1-4-15(5-2)13-8-6-12(7-9-13)14-16-10-11(3)17-14/h6-9,11,14H,4-5,10H2,1-3H3/t11-,14+/m0/s1. The Morgan fingerprint density at radius 1 is 1.18 bits per heavy atom. The topological polar surface area (TPSA) is 21.7 Å². The number of rotatable bonds is 4. The maximum Gasteiger partial charge on any atom is 0.184 e. The van der Waals surface area contributed by atoms with Crippen LogP contribution in [-0.4, -0.2) is 25.8 Å². The molecule has 1 aliphatic rings. The van der Waals surface area contributed by atoms with Crippen LogP contribution in [0.5, 0.6) is 0 Å². The van der Waals surface area contributed by atoms with Crippen molar-refractivity contribution in [3.8, 4) is 0 Å². The van der Waals surface area contributed by atoms with Crippen LogP contribution in [0.4, 0.5) is 5.69 Å². The molecule has 0 aromatic heterocycles. The highest BCUT2D eigenvalue weighted by atomic mass is 16.7. The Bertz CT molecular complexity index is 346. The Balaban J connectivity index is 2.07. The molecule has 0 amide bonds. The fraction of sp³-hybridized carbons (Fsp3) is 0.571. The highest BCUT2D eigenvalue weighted by Crippen LogP contribution is 2.28. The summed E-state index contributed by atoms with van der Waals surface area (Å²) in [6.07, 6.45) is 0.0122. The summed E-state index contributed by atoms with van der Waals surface area (Å²) in [5, 5.41) is 0. The van der Waals surface area contributed by atoms with E-state index in [-0.39, 0.29) is 12.4 Å². The van der Waals surface area contributed by atoms with Crippen molar-refractivity contribution in [1.82, 2.24) is 0 Å². The van der Waals surface area contributed by atoms with Gasteiger partial charge in [0.25, 0.3) is 0 Å². The Morgan fingerprint density at radius 2 is 1.82 bits per heavy atom. The highest BCUT2D eigenvalue weighted by molar-refractivity contribution is 5.47. The van der Waals surface area contributed by atoms with Gasteiger partial charge in [-0.1, -0.05) is 12.1 Å². The van der Waals surface area contributed by atoms with Crippen molar-refractivity contribution >= 4 is 5.69 Å². The summed E-state index contributed by atoms with van der Waals surface area (Å²) in [6.45, 7) is 9.11. The van der Waals surface area contributed by atoms with E-state index < -0.39 is 0 Å². The van der Waals surface area contributed by atoms with E-state index in [2.05, 4.69) is 43.0 Å². The Kier molecular flexibility index (Phi) is 4.02. The van der Waals surface area contributed by atoms with Crippen molar-refractivity contribution in [1.29, 1.82) is 0 Å². The van der Waals surface area contributed by atoms with Crippen LogP contribution in [-0.2, 0) is 9.47 Å². The smallest absolute Gasteiger partial charge is 0.184 e. The Hall–Kier alpha value is -1.06. The third-order valence-electron chi connectivity index (χ3n) is 3.13. The average molecular weight is 235 g/mol. The zero-order valence-corrected chi connectivity index (χ0v) is 10.8. The van der Waals surface area contributed by atoms with Crippen LogP contribution in [0.25, 0.3) is 0 Å². The molecule has 0 bridgehead atoms. The van der Waals surface area contributed by atoms with Crippen molar-refractivity contribution < 1.29 is 9.47 Å². The zero-order valence-electron chi connectivity index (χ0n) is 10.8. The molecule has 2 rings (SSSR count). The molecule has 0 spiro atoms. The zero-order chi connectivity index (χ0) is 12.3. The van der Waals surface area contributed by atoms with Gasteiger partial charge >= 0.3 is 0 Å². The van der Waals surface area contributed by atoms with Gasteiger partial charge in [0.2, 0.25) is 0 Å². The van der Waals surface area contributed by atoms with Crippen LogP contribution >= 0.6 is 0 Å². The summed E-state index contributed by atoms with van der Waals surface area (Å²) in [7, 11) is 0. The van der Waals surface area contributed by atoms with Gasteiger partial charge in [0.15, 0.2) is 6.29 Å². The number of anilines is 1. The highest BCUT2D eigenvalue weighted by Gasteiger charge is 2.23. The first-order valence-corrected chi connectivity index (χ1v) is 6.36. The number of nitrogens with zero attached hydrogens (tertiary/aromatic N) is 1. The summed E-state index contributed by atoms with van der Waals surface area (Å²) in [6, 6.07) is 8.46. The van der Waals surface area contributed by atoms with E-state index in [1.54, 1.807) is 0 Å². The maximum atomic E-state index is 5.66. The molecule has 1 aliphatic heterocycles. The number of hydrogen-bond donors (Lipinski definition) is 0. The minimum Gasteiger partial charge on any atom is -0.372 e. The maximum absolute atomic E-state index is 5.66. The van der Waals surface area contributed by atoms with E-state index in [9.17, 15) is 0 Å². The third kappa shape index (κ3) is 2.79. The van der Waals surface area contributed by atoms with Gasteiger partial charge in [-0.2, -0.15) is 0 Å². The molecule has 94 valence electrons. The van der Waals surface area contributed by atoms with Gasteiger partial charge in [0.05, 0.1) is 12.7 Å². The van der Waals surface area contributed by atoms with Crippen molar-refractivity contribution in [3.05, 3.63) is 29.8 Å². The Morgan fingerprint density at radius 3 is 2.29 bits per heavy atom. The molecular weight excluding hydrogens is 214 g/mol. The molecule has 3 heteroatoms. The minimum absolute atomic E-state index is 0.184. The summed E-state index contributed by atoms with van der Waals surface area (Å²) >= 11 is 0. The van der Waals surface area contributed by atoms with E-state index in [4.69, 9.17) is 9.47 Å². The monoisotopic (exact) mass is 235 g/mol. The van der Waals surface area contributed by atoms with E-state index in [1.165, 1.54) is 5.69 Å². The molecule has 0 unspecified atom stereocenters. The second kappa shape index (κ2) is 5.52. The summed E-state index contributed by atoms with van der Waals surface area (Å²) in [4.78, 5) is 2.32. The molecule has 1 aromatic rings. The predicted molar refractivity (Wildman–Crippen MR) is 69.2 cm³/mol. The first-order chi connectivity index (χ1) is 8.24. The van der Waals surface area contributed by atoms with Gasteiger partial charge in [-0.3, -0.25) is 0 Å². The fourth-order valence-corrected chi connectivity index (χ4v) is 2.12. The second-order valence-corrected chi connectivity index (χ2v) is 4.38. The van der Waals surface area contributed by atoms with Crippen LogP contribution in [0, 0.1) is 0 Å². The molecule has 0 aliphatic carbocycles. The molecule has 2 atom stereocenters. The molecule has 0 N–H and O–H groups in total. The lowest BCUT2D eigenvalue weighted by molar-refractivity contribution is -0.0572. The fourth-order valence-electron chi connectivity index (χ4n) is 2.12. The van der Waals surface area contributed by atoms with Gasteiger partial charge in [0.1, 0.15) is 0 Å². The number of benzene rings is 1. The predicted octanol–water partition coefficient (Wildman–Crippen LogP) is 2.97. The van der Waals surface area contributed by atoms with Gasteiger partial charge in [-0.25, -0.2) is 0 Å². The third-order valence-corrected chi connectivity index (χ3v) is 3.13. The summed E-state index contributed by atoms with van der Waals surface area (Å²) in [5.74, 6) is 0. The molecule has 17 heavy (non-hydrogen) atoms.